The molecule has 0 amide bonds. The molecule has 94 valence electrons. The molecular weight excluding hydrogens is 293 g/mol. The smallest absolute Gasteiger partial charge is 0.128 e. The van der Waals surface area contributed by atoms with Crippen molar-refractivity contribution >= 4 is 21.6 Å². The molecule has 18 heavy (non-hydrogen) atoms. The normalized spacial score (nSPS) is 12.2. The monoisotopic (exact) mass is 307 g/mol. The minimum atomic E-state index is -0.181. The van der Waals surface area contributed by atoms with Crippen LogP contribution in [-0.2, 0) is 0 Å². The minimum Gasteiger partial charge on any atom is -0.378 e. The molecule has 0 radical (unpaired) electrons. The van der Waals surface area contributed by atoms with Crippen LogP contribution in [0.3, 0.4) is 0 Å². The lowest BCUT2D eigenvalue weighted by Gasteiger charge is -2.18. The third kappa shape index (κ3) is 2.72. The molecule has 0 saturated heterocycles. The molecule has 2 aromatic carbocycles. The summed E-state index contributed by atoms with van der Waals surface area (Å²) in [6.45, 7) is 3.84. The van der Waals surface area contributed by atoms with Crippen LogP contribution in [0, 0.1) is 12.7 Å². The molecule has 0 spiro atoms. The van der Waals surface area contributed by atoms with E-state index in [1.165, 1.54) is 6.07 Å². The highest BCUT2D eigenvalue weighted by Gasteiger charge is 2.10. The Bertz CT molecular complexity index is 554. The first-order chi connectivity index (χ1) is 8.59. The number of hydrogen-bond acceptors (Lipinski definition) is 1. The van der Waals surface area contributed by atoms with Crippen molar-refractivity contribution in [2.75, 3.05) is 5.32 Å². The third-order valence-electron chi connectivity index (χ3n) is 3.01. The van der Waals surface area contributed by atoms with Crippen molar-refractivity contribution in [3.63, 3.8) is 0 Å². The second-order valence-corrected chi connectivity index (χ2v) is 5.15. The molecule has 2 aromatic rings. The summed E-state index contributed by atoms with van der Waals surface area (Å²) in [6.07, 6.45) is 0. The molecule has 0 saturated carbocycles. The van der Waals surface area contributed by atoms with E-state index >= 15 is 0 Å². The second-order valence-electron chi connectivity index (χ2n) is 4.30. The van der Waals surface area contributed by atoms with Crippen LogP contribution in [0.1, 0.15) is 24.1 Å². The van der Waals surface area contributed by atoms with Gasteiger partial charge in [-0.15, -0.1) is 0 Å². The summed E-state index contributed by atoms with van der Waals surface area (Å²) in [7, 11) is 0. The summed E-state index contributed by atoms with van der Waals surface area (Å²) in [5.41, 5.74) is 2.64. The first-order valence-corrected chi connectivity index (χ1v) is 6.65. The predicted octanol–water partition coefficient (Wildman–Crippen LogP) is 5.07. The zero-order chi connectivity index (χ0) is 13.1. The Morgan fingerprint density at radius 3 is 2.56 bits per heavy atom. The Morgan fingerprint density at radius 1 is 1.11 bits per heavy atom. The molecule has 1 unspecified atom stereocenters. The lowest BCUT2D eigenvalue weighted by Crippen LogP contribution is -2.08. The fourth-order valence-electron chi connectivity index (χ4n) is 1.90. The van der Waals surface area contributed by atoms with Gasteiger partial charge in [-0.05, 0) is 37.6 Å². The molecule has 1 N–H and O–H groups in total. The number of halogens is 2. The van der Waals surface area contributed by atoms with Gasteiger partial charge in [-0.2, -0.15) is 0 Å². The Balaban J connectivity index is 2.24. The summed E-state index contributed by atoms with van der Waals surface area (Å²) >= 11 is 3.53. The SMILES string of the molecule is Cc1c(F)cccc1NC(C)c1ccccc1Br. The van der Waals surface area contributed by atoms with Crippen LogP contribution in [-0.4, -0.2) is 0 Å². The van der Waals surface area contributed by atoms with E-state index in [2.05, 4.69) is 34.2 Å². The molecule has 0 aromatic heterocycles. The highest BCUT2D eigenvalue weighted by molar-refractivity contribution is 9.10. The van der Waals surface area contributed by atoms with Gasteiger partial charge < -0.3 is 5.32 Å². The third-order valence-corrected chi connectivity index (χ3v) is 3.73. The van der Waals surface area contributed by atoms with Gasteiger partial charge >= 0.3 is 0 Å². The van der Waals surface area contributed by atoms with Gasteiger partial charge in [0.1, 0.15) is 5.82 Å². The zero-order valence-electron chi connectivity index (χ0n) is 10.4. The summed E-state index contributed by atoms with van der Waals surface area (Å²) < 4.78 is 14.5. The number of hydrogen-bond donors (Lipinski definition) is 1. The van der Waals surface area contributed by atoms with Crippen molar-refractivity contribution in [1.29, 1.82) is 0 Å². The zero-order valence-corrected chi connectivity index (χ0v) is 12.0. The van der Waals surface area contributed by atoms with Gasteiger partial charge in [0.25, 0.3) is 0 Å². The summed E-state index contributed by atoms with van der Waals surface area (Å²) in [5, 5.41) is 3.34. The van der Waals surface area contributed by atoms with E-state index in [0.717, 1.165) is 15.7 Å². The van der Waals surface area contributed by atoms with E-state index in [1.54, 1.807) is 13.0 Å². The predicted molar refractivity (Wildman–Crippen MR) is 77.3 cm³/mol. The van der Waals surface area contributed by atoms with Crippen molar-refractivity contribution in [2.24, 2.45) is 0 Å². The van der Waals surface area contributed by atoms with Crippen LogP contribution in [0.25, 0.3) is 0 Å². The van der Waals surface area contributed by atoms with Gasteiger partial charge in [0.2, 0.25) is 0 Å². The van der Waals surface area contributed by atoms with E-state index < -0.39 is 0 Å². The molecule has 3 heteroatoms. The maximum absolute atomic E-state index is 13.5. The van der Waals surface area contributed by atoms with E-state index in [4.69, 9.17) is 0 Å². The van der Waals surface area contributed by atoms with Crippen molar-refractivity contribution in [2.45, 2.75) is 19.9 Å². The van der Waals surface area contributed by atoms with E-state index in [1.807, 2.05) is 24.3 Å². The molecular formula is C15H15BrFN. The second kappa shape index (κ2) is 5.53. The highest BCUT2D eigenvalue weighted by atomic mass is 79.9. The number of rotatable bonds is 3. The van der Waals surface area contributed by atoms with E-state index in [-0.39, 0.29) is 11.9 Å². The molecule has 1 atom stereocenters. The maximum Gasteiger partial charge on any atom is 0.128 e. The first kappa shape index (κ1) is 13.1. The molecule has 0 aliphatic rings. The number of nitrogens with one attached hydrogen (secondary N) is 1. The van der Waals surface area contributed by atoms with Crippen molar-refractivity contribution in [1.82, 2.24) is 0 Å². The van der Waals surface area contributed by atoms with Gasteiger partial charge in [0, 0.05) is 21.8 Å². The average Bonchev–Trinajstić information content (AvgIpc) is 2.35. The molecule has 0 fully saturated rings. The van der Waals surface area contributed by atoms with Crippen molar-refractivity contribution in [3.05, 3.63) is 63.9 Å². The quantitative estimate of drug-likeness (QED) is 0.834. The highest BCUT2D eigenvalue weighted by Crippen LogP contribution is 2.27. The van der Waals surface area contributed by atoms with Crippen LogP contribution < -0.4 is 5.32 Å². The first-order valence-electron chi connectivity index (χ1n) is 5.85. The Kier molecular flexibility index (Phi) is 4.02. The summed E-state index contributed by atoms with van der Waals surface area (Å²) in [4.78, 5) is 0. The van der Waals surface area contributed by atoms with Crippen LogP contribution in [0.5, 0.6) is 0 Å². The molecule has 0 heterocycles. The van der Waals surface area contributed by atoms with E-state index in [9.17, 15) is 4.39 Å². The van der Waals surface area contributed by atoms with Crippen LogP contribution in [0.15, 0.2) is 46.9 Å². The lowest BCUT2D eigenvalue weighted by molar-refractivity contribution is 0.618. The molecule has 0 aliphatic carbocycles. The number of anilines is 1. The van der Waals surface area contributed by atoms with E-state index in [0.29, 0.717) is 5.56 Å². The standard InChI is InChI=1S/C15H15BrFN/c1-10-14(17)8-5-9-15(10)18-11(2)12-6-3-4-7-13(12)16/h3-9,11,18H,1-2H3. The average molecular weight is 308 g/mol. The Labute approximate surface area is 115 Å². The Morgan fingerprint density at radius 2 is 1.83 bits per heavy atom. The van der Waals surface area contributed by atoms with Gasteiger partial charge in [0.15, 0.2) is 0 Å². The molecule has 0 bridgehead atoms. The van der Waals surface area contributed by atoms with Gasteiger partial charge in [0.05, 0.1) is 0 Å². The largest absolute Gasteiger partial charge is 0.378 e. The van der Waals surface area contributed by atoms with Gasteiger partial charge in [-0.25, -0.2) is 4.39 Å². The van der Waals surface area contributed by atoms with Crippen LogP contribution in [0.4, 0.5) is 10.1 Å². The maximum atomic E-state index is 13.5. The van der Waals surface area contributed by atoms with Crippen LogP contribution >= 0.6 is 15.9 Å². The van der Waals surface area contributed by atoms with Crippen molar-refractivity contribution in [3.8, 4) is 0 Å². The van der Waals surface area contributed by atoms with Crippen LogP contribution in [0.2, 0.25) is 0 Å². The topological polar surface area (TPSA) is 12.0 Å². The minimum absolute atomic E-state index is 0.112. The Hall–Kier alpha value is -1.35. The van der Waals surface area contributed by atoms with Crippen molar-refractivity contribution < 1.29 is 4.39 Å². The molecule has 2 rings (SSSR count). The van der Waals surface area contributed by atoms with Gasteiger partial charge in [-0.3, -0.25) is 0 Å². The summed E-state index contributed by atoms with van der Waals surface area (Å²) in [5.74, 6) is -0.181. The lowest BCUT2D eigenvalue weighted by atomic mass is 10.1. The number of benzene rings is 2. The fraction of sp³-hybridized carbons (Fsp3) is 0.200. The summed E-state index contributed by atoms with van der Waals surface area (Å²) in [6, 6.07) is 13.2. The fourth-order valence-corrected chi connectivity index (χ4v) is 2.53. The molecule has 1 nitrogen and oxygen atoms in total. The van der Waals surface area contributed by atoms with Gasteiger partial charge in [-0.1, -0.05) is 40.2 Å². The molecule has 0 aliphatic heterocycles.